The van der Waals surface area contributed by atoms with Crippen LogP contribution in [0, 0.1) is 0 Å². The van der Waals surface area contributed by atoms with E-state index >= 15 is 0 Å². The quantitative estimate of drug-likeness (QED) is 0.542. The fourth-order valence-corrected chi connectivity index (χ4v) is 1.68. The Labute approximate surface area is 79.5 Å². The molecule has 2 N–H and O–H groups in total. The zero-order valence-electron chi connectivity index (χ0n) is 7.42. The maximum Gasteiger partial charge on any atom is 0.0989 e. The molecule has 1 rings (SSSR count). The summed E-state index contributed by atoms with van der Waals surface area (Å²) < 4.78 is 5.56. The fourth-order valence-electron chi connectivity index (χ4n) is 1.61. The molecule has 0 radical (unpaired) electrons. The summed E-state index contributed by atoms with van der Waals surface area (Å²) in [5.41, 5.74) is 5.36. The molecule has 1 aliphatic carbocycles. The summed E-state index contributed by atoms with van der Waals surface area (Å²) in [6, 6.07) is 0. The van der Waals surface area contributed by atoms with Crippen LogP contribution in [-0.2, 0) is 4.74 Å². The van der Waals surface area contributed by atoms with Crippen LogP contribution in [0.5, 0.6) is 0 Å². The lowest BCUT2D eigenvalue weighted by Crippen LogP contribution is -2.21. The predicted molar refractivity (Wildman–Crippen MR) is 54.2 cm³/mol. The van der Waals surface area contributed by atoms with E-state index in [0.29, 0.717) is 17.7 Å². The molecule has 1 saturated carbocycles. The summed E-state index contributed by atoms with van der Waals surface area (Å²) in [7, 11) is 0. The number of hydrogen-bond acceptors (Lipinski definition) is 2. The van der Waals surface area contributed by atoms with Crippen molar-refractivity contribution in [2.75, 3.05) is 6.61 Å². The van der Waals surface area contributed by atoms with Crippen molar-refractivity contribution in [2.45, 2.75) is 44.6 Å². The highest BCUT2D eigenvalue weighted by Gasteiger charge is 2.12. The number of hydrogen-bond donors (Lipinski definition) is 1. The molecule has 70 valence electrons. The first-order chi connectivity index (χ1) is 5.79. The van der Waals surface area contributed by atoms with Crippen LogP contribution in [-0.4, -0.2) is 17.7 Å². The van der Waals surface area contributed by atoms with Gasteiger partial charge >= 0.3 is 0 Å². The van der Waals surface area contributed by atoms with Crippen molar-refractivity contribution >= 4 is 17.2 Å². The van der Waals surface area contributed by atoms with Crippen LogP contribution >= 0.6 is 12.2 Å². The van der Waals surface area contributed by atoms with Crippen LogP contribution in [0.25, 0.3) is 0 Å². The Morgan fingerprint density at radius 2 is 1.83 bits per heavy atom. The van der Waals surface area contributed by atoms with E-state index in [1.807, 2.05) is 0 Å². The van der Waals surface area contributed by atoms with Gasteiger partial charge < -0.3 is 10.5 Å². The van der Waals surface area contributed by atoms with Crippen LogP contribution in [0.3, 0.4) is 0 Å². The normalized spacial score (nSPS) is 20.3. The van der Waals surface area contributed by atoms with Crippen molar-refractivity contribution < 1.29 is 4.74 Å². The van der Waals surface area contributed by atoms with Gasteiger partial charge in [-0.25, -0.2) is 0 Å². The van der Waals surface area contributed by atoms with E-state index in [2.05, 4.69) is 0 Å². The van der Waals surface area contributed by atoms with Crippen molar-refractivity contribution in [2.24, 2.45) is 5.73 Å². The Hall–Kier alpha value is -0.150. The zero-order chi connectivity index (χ0) is 8.81. The first-order valence-corrected chi connectivity index (χ1v) is 5.10. The molecule has 0 heterocycles. The van der Waals surface area contributed by atoms with Gasteiger partial charge in [0.2, 0.25) is 0 Å². The van der Waals surface area contributed by atoms with Gasteiger partial charge in [0, 0.05) is 0 Å². The van der Waals surface area contributed by atoms with Gasteiger partial charge in [-0.3, -0.25) is 0 Å². The molecule has 2 nitrogen and oxygen atoms in total. The SMILES string of the molecule is NC(=S)COC1CCCCCC1. The van der Waals surface area contributed by atoms with Crippen LogP contribution in [0.15, 0.2) is 0 Å². The Bertz CT molecular complexity index is 141. The van der Waals surface area contributed by atoms with Gasteiger partial charge in [-0.2, -0.15) is 0 Å². The standard InChI is InChI=1S/C9H17NOS/c10-9(12)7-11-8-5-3-1-2-4-6-8/h8H,1-7H2,(H2,10,12). The molecule has 0 aromatic heterocycles. The third-order valence-corrected chi connectivity index (χ3v) is 2.38. The van der Waals surface area contributed by atoms with Gasteiger partial charge in [0.1, 0.15) is 0 Å². The molecule has 12 heavy (non-hydrogen) atoms. The summed E-state index contributed by atoms with van der Waals surface area (Å²) in [4.78, 5) is 0.472. The highest BCUT2D eigenvalue weighted by atomic mass is 32.1. The van der Waals surface area contributed by atoms with Crippen molar-refractivity contribution in [3.63, 3.8) is 0 Å². The van der Waals surface area contributed by atoms with Crippen molar-refractivity contribution in [1.82, 2.24) is 0 Å². The number of ether oxygens (including phenoxy) is 1. The lowest BCUT2D eigenvalue weighted by molar-refractivity contribution is 0.0706. The molecule has 0 bridgehead atoms. The fraction of sp³-hybridized carbons (Fsp3) is 0.889. The van der Waals surface area contributed by atoms with Gasteiger partial charge in [0.25, 0.3) is 0 Å². The molecular weight excluding hydrogens is 170 g/mol. The molecule has 0 aromatic rings. The lowest BCUT2D eigenvalue weighted by Gasteiger charge is -2.14. The molecule has 0 atom stereocenters. The average Bonchev–Trinajstić information content (AvgIpc) is 2.28. The van der Waals surface area contributed by atoms with E-state index in [0.717, 1.165) is 0 Å². The van der Waals surface area contributed by atoms with E-state index in [4.69, 9.17) is 22.7 Å². The molecule has 3 heteroatoms. The van der Waals surface area contributed by atoms with E-state index in [-0.39, 0.29) is 0 Å². The minimum atomic E-state index is 0.411. The summed E-state index contributed by atoms with van der Waals surface area (Å²) in [6.45, 7) is 0.458. The second-order valence-electron chi connectivity index (χ2n) is 3.39. The predicted octanol–water partition coefficient (Wildman–Crippen LogP) is 2.01. The highest BCUT2D eigenvalue weighted by Crippen LogP contribution is 2.19. The third kappa shape index (κ3) is 4.02. The molecule has 0 aromatic carbocycles. The Morgan fingerprint density at radius 3 is 2.33 bits per heavy atom. The Balaban J connectivity index is 2.16. The average molecular weight is 187 g/mol. The monoisotopic (exact) mass is 187 g/mol. The maximum atomic E-state index is 5.56. The Kier molecular flexibility index (Phi) is 4.54. The molecule has 0 aliphatic heterocycles. The number of rotatable bonds is 3. The molecule has 1 fully saturated rings. The van der Waals surface area contributed by atoms with Gasteiger partial charge in [0.15, 0.2) is 0 Å². The van der Waals surface area contributed by atoms with E-state index in [9.17, 15) is 0 Å². The first-order valence-electron chi connectivity index (χ1n) is 4.69. The summed E-state index contributed by atoms with van der Waals surface area (Å²) in [5.74, 6) is 0. The van der Waals surface area contributed by atoms with Gasteiger partial charge in [0.05, 0.1) is 17.7 Å². The van der Waals surface area contributed by atoms with Gasteiger partial charge in [-0.1, -0.05) is 37.9 Å². The topological polar surface area (TPSA) is 35.2 Å². The van der Waals surface area contributed by atoms with Crippen LogP contribution in [0.4, 0.5) is 0 Å². The van der Waals surface area contributed by atoms with Crippen LogP contribution in [0.2, 0.25) is 0 Å². The zero-order valence-corrected chi connectivity index (χ0v) is 8.24. The number of thiocarbonyl (C=S) groups is 1. The summed E-state index contributed by atoms with van der Waals surface area (Å²) in [6.07, 6.45) is 8.07. The van der Waals surface area contributed by atoms with Gasteiger partial charge in [-0.15, -0.1) is 0 Å². The second-order valence-corrected chi connectivity index (χ2v) is 3.92. The third-order valence-electron chi connectivity index (χ3n) is 2.26. The minimum Gasteiger partial charge on any atom is -0.391 e. The van der Waals surface area contributed by atoms with E-state index in [1.54, 1.807) is 0 Å². The largest absolute Gasteiger partial charge is 0.391 e. The molecule has 0 unspecified atom stereocenters. The van der Waals surface area contributed by atoms with Crippen molar-refractivity contribution in [3.8, 4) is 0 Å². The lowest BCUT2D eigenvalue weighted by atomic mass is 10.1. The van der Waals surface area contributed by atoms with Gasteiger partial charge in [-0.05, 0) is 12.8 Å². The molecule has 0 amide bonds. The van der Waals surface area contributed by atoms with E-state index < -0.39 is 0 Å². The summed E-state index contributed by atoms with van der Waals surface area (Å²) in [5, 5.41) is 0. The molecule has 0 spiro atoms. The first kappa shape index (κ1) is 9.93. The number of nitrogens with two attached hydrogens (primary N) is 1. The molecular formula is C9H17NOS. The highest BCUT2D eigenvalue weighted by molar-refractivity contribution is 7.80. The second kappa shape index (κ2) is 5.49. The summed E-state index contributed by atoms with van der Waals surface area (Å²) >= 11 is 4.75. The minimum absolute atomic E-state index is 0.411. The molecule has 0 saturated heterocycles. The van der Waals surface area contributed by atoms with Crippen LogP contribution < -0.4 is 5.73 Å². The van der Waals surface area contributed by atoms with E-state index in [1.165, 1.54) is 38.5 Å². The Morgan fingerprint density at radius 1 is 1.25 bits per heavy atom. The smallest absolute Gasteiger partial charge is 0.0989 e. The molecule has 1 aliphatic rings. The van der Waals surface area contributed by atoms with Crippen molar-refractivity contribution in [1.29, 1.82) is 0 Å². The van der Waals surface area contributed by atoms with Crippen molar-refractivity contribution in [3.05, 3.63) is 0 Å². The maximum absolute atomic E-state index is 5.56. The van der Waals surface area contributed by atoms with Crippen LogP contribution in [0.1, 0.15) is 38.5 Å².